The van der Waals surface area contributed by atoms with Crippen molar-refractivity contribution in [3.8, 4) is 0 Å². The Morgan fingerprint density at radius 2 is 1.86 bits per heavy atom. The molecular weight excluding hydrogens is 404 g/mol. The van der Waals surface area contributed by atoms with Gasteiger partial charge in [-0.05, 0) is 37.8 Å². The Balaban J connectivity index is 1.46. The molecular formula is C18H25ClN4O4S. The fraction of sp³-hybridized carbons (Fsp3) is 0.611. The molecule has 1 aromatic rings. The van der Waals surface area contributed by atoms with Crippen molar-refractivity contribution in [3.63, 3.8) is 0 Å². The van der Waals surface area contributed by atoms with Crippen LogP contribution in [-0.4, -0.2) is 67.1 Å². The smallest absolute Gasteiger partial charge is 0.246 e. The highest BCUT2D eigenvalue weighted by Gasteiger charge is 2.33. The number of nitrogens with zero attached hydrogens (tertiary/aromatic N) is 3. The van der Waals surface area contributed by atoms with Crippen molar-refractivity contribution in [1.82, 2.24) is 19.5 Å². The SMILES string of the molecule is O=C(NCCC(=O)N1CCCC1)C1CCN(S(=O)(=O)c2cccnc2Cl)CC1. The molecule has 2 saturated heterocycles. The second kappa shape index (κ2) is 9.19. The van der Waals surface area contributed by atoms with Crippen LogP contribution in [0.3, 0.4) is 0 Å². The van der Waals surface area contributed by atoms with Crippen LogP contribution in [0.25, 0.3) is 0 Å². The van der Waals surface area contributed by atoms with Gasteiger partial charge in [-0.1, -0.05) is 11.6 Å². The van der Waals surface area contributed by atoms with Crippen molar-refractivity contribution in [2.24, 2.45) is 5.92 Å². The minimum Gasteiger partial charge on any atom is -0.355 e. The highest BCUT2D eigenvalue weighted by Crippen LogP contribution is 2.27. The number of piperidine rings is 1. The van der Waals surface area contributed by atoms with Gasteiger partial charge in [-0.2, -0.15) is 4.31 Å². The summed E-state index contributed by atoms with van der Waals surface area (Å²) < 4.78 is 26.8. The Morgan fingerprint density at radius 3 is 2.50 bits per heavy atom. The number of nitrogens with one attached hydrogen (secondary N) is 1. The fourth-order valence-corrected chi connectivity index (χ4v) is 5.52. The molecule has 154 valence electrons. The van der Waals surface area contributed by atoms with Gasteiger partial charge in [0.25, 0.3) is 0 Å². The Bertz CT molecular complexity index is 819. The first-order chi connectivity index (χ1) is 13.4. The van der Waals surface area contributed by atoms with E-state index in [4.69, 9.17) is 11.6 Å². The summed E-state index contributed by atoms with van der Waals surface area (Å²) in [4.78, 5) is 30.0. The summed E-state index contributed by atoms with van der Waals surface area (Å²) >= 11 is 5.92. The van der Waals surface area contributed by atoms with Crippen LogP contribution in [0.5, 0.6) is 0 Å². The molecule has 2 aliphatic heterocycles. The van der Waals surface area contributed by atoms with Gasteiger partial charge in [0.2, 0.25) is 21.8 Å². The van der Waals surface area contributed by atoms with E-state index in [2.05, 4.69) is 10.3 Å². The number of carbonyl (C=O) groups excluding carboxylic acids is 2. The summed E-state index contributed by atoms with van der Waals surface area (Å²) in [7, 11) is -3.72. The third-order valence-electron chi connectivity index (χ3n) is 5.26. The summed E-state index contributed by atoms with van der Waals surface area (Å²) in [6.07, 6.45) is 4.70. The average Bonchev–Trinajstić information content (AvgIpc) is 3.23. The van der Waals surface area contributed by atoms with Crippen LogP contribution < -0.4 is 5.32 Å². The van der Waals surface area contributed by atoms with Gasteiger partial charge >= 0.3 is 0 Å². The lowest BCUT2D eigenvalue weighted by molar-refractivity contribution is -0.130. The van der Waals surface area contributed by atoms with Crippen molar-refractivity contribution in [2.45, 2.75) is 37.0 Å². The summed E-state index contributed by atoms with van der Waals surface area (Å²) in [5, 5.41) is 2.76. The topological polar surface area (TPSA) is 99.7 Å². The molecule has 0 spiro atoms. The Labute approximate surface area is 170 Å². The molecule has 0 aliphatic carbocycles. The largest absolute Gasteiger partial charge is 0.355 e. The minimum absolute atomic E-state index is 0.0139. The molecule has 2 aliphatic rings. The van der Waals surface area contributed by atoms with Crippen LogP contribution in [0.2, 0.25) is 5.15 Å². The molecule has 0 saturated carbocycles. The maximum atomic E-state index is 12.7. The van der Waals surface area contributed by atoms with E-state index in [-0.39, 0.29) is 40.9 Å². The van der Waals surface area contributed by atoms with Gasteiger partial charge in [-0.3, -0.25) is 9.59 Å². The number of hydrogen-bond acceptors (Lipinski definition) is 5. The van der Waals surface area contributed by atoms with Gasteiger partial charge in [0, 0.05) is 51.3 Å². The quantitative estimate of drug-likeness (QED) is 0.687. The third-order valence-corrected chi connectivity index (χ3v) is 7.61. The summed E-state index contributed by atoms with van der Waals surface area (Å²) in [5.41, 5.74) is 0. The molecule has 1 N–H and O–H groups in total. The van der Waals surface area contributed by atoms with E-state index in [9.17, 15) is 18.0 Å². The number of sulfonamides is 1. The first-order valence-electron chi connectivity index (χ1n) is 9.56. The van der Waals surface area contributed by atoms with E-state index in [1.54, 1.807) is 0 Å². The highest BCUT2D eigenvalue weighted by atomic mass is 35.5. The maximum absolute atomic E-state index is 12.7. The molecule has 3 heterocycles. The van der Waals surface area contributed by atoms with E-state index < -0.39 is 10.0 Å². The second-order valence-corrected chi connectivity index (χ2v) is 9.36. The summed E-state index contributed by atoms with van der Waals surface area (Å²) in [6, 6.07) is 2.96. The zero-order valence-corrected chi connectivity index (χ0v) is 17.2. The zero-order chi connectivity index (χ0) is 20.1. The van der Waals surface area contributed by atoms with E-state index in [0.717, 1.165) is 25.9 Å². The van der Waals surface area contributed by atoms with Crippen molar-refractivity contribution >= 4 is 33.4 Å². The number of amides is 2. The fourth-order valence-electron chi connectivity index (χ4n) is 3.62. The second-order valence-electron chi connectivity index (χ2n) is 7.10. The maximum Gasteiger partial charge on any atom is 0.246 e. The Morgan fingerprint density at radius 1 is 1.18 bits per heavy atom. The predicted octanol–water partition coefficient (Wildman–Crippen LogP) is 1.26. The zero-order valence-electron chi connectivity index (χ0n) is 15.6. The van der Waals surface area contributed by atoms with Gasteiger partial charge in [0.15, 0.2) is 0 Å². The van der Waals surface area contributed by atoms with Crippen LogP contribution in [0.4, 0.5) is 0 Å². The van der Waals surface area contributed by atoms with Crippen molar-refractivity contribution in [3.05, 3.63) is 23.5 Å². The molecule has 0 radical (unpaired) electrons. The van der Waals surface area contributed by atoms with E-state index in [1.807, 2.05) is 4.90 Å². The number of aromatic nitrogens is 1. The summed E-state index contributed by atoms with van der Waals surface area (Å²) in [6.45, 7) is 2.43. The lowest BCUT2D eigenvalue weighted by Gasteiger charge is -2.30. The first-order valence-corrected chi connectivity index (χ1v) is 11.4. The molecule has 2 amide bonds. The van der Waals surface area contributed by atoms with Gasteiger partial charge in [0.05, 0.1) is 0 Å². The van der Waals surface area contributed by atoms with Crippen LogP contribution in [0, 0.1) is 5.92 Å². The van der Waals surface area contributed by atoms with Crippen LogP contribution >= 0.6 is 11.6 Å². The number of hydrogen-bond donors (Lipinski definition) is 1. The summed E-state index contributed by atoms with van der Waals surface area (Å²) in [5.74, 6) is -0.296. The van der Waals surface area contributed by atoms with Gasteiger partial charge in [-0.25, -0.2) is 13.4 Å². The van der Waals surface area contributed by atoms with Gasteiger partial charge < -0.3 is 10.2 Å². The third kappa shape index (κ3) is 4.82. The molecule has 28 heavy (non-hydrogen) atoms. The lowest BCUT2D eigenvalue weighted by atomic mass is 9.97. The molecule has 2 fully saturated rings. The number of likely N-dealkylation sites (tertiary alicyclic amines) is 1. The van der Waals surface area contributed by atoms with E-state index >= 15 is 0 Å². The number of rotatable bonds is 6. The van der Waals surface area contributed by atoms with Crippen molar-refractivity contribution in [2.75, 3.05) is 32.7 Å². The van der Waals surface area contributed by atoms with Crippen molar-refractivity contribution < 1.29 is 18.0 Å². The molecule has 3 rings (SSSR count). The van der Waals surface area contributed by atoms with Crippen LogP contribution in [0.1, 0.15) is 32.1 Å². The molecule has 0 atom stereocenters. The molecule has 8 nitrogen and oxygen atoms in total. The van der Waals surface area contributed by atoms with E-state index in [1.165, 1.54) is 22.6 Å². The number of halogens is 1. The van der Waals surface area contributed by atoms with Crippen LogP contribution in [-0.2, 0) is 19.6 Å². The minimum atomic E-state index is -3.72. The first kappa shape index (κ1) is 21.0. The average molecular weight is 429 g/mol. The Kier molecular flexibility index (Phi) is 6.90. The Hall–Kier alpha value is -1.71. The monoisotopic (exact) mass is 428 g/mol. The highest BCUT2D eigenvalue weighted by molar-refractivity contribution is 7.89. The molecule has 0 aromatic carbocycles. The molecule has 10 heteroatoms. The molecule has 0 bridgehead atoms. The standard InChI is InChI=1S/C18H25ClN4O4S/c19-17-15(4-3-8-20-17)28(26,27)23-12-6-14(7-13-23)18(25)21-9-5-16(24)22-10-1-2-11-22/h3-4,8,14H,1-2,5-7,9-13H2,(H,21,25). The molecule has 1 aromatic heterocycles. The van der Waals surface area contributed by atoms with Gasteiger partial charge in [-0.15, -0.1) is 0 Å². The van der Waals surface area contributed by atoms with Crippen LogP contribution in [0.15, 0.2) is 23.2 Å². The number of pyridine rings is 1. The van der Waals surface area contributed by atoms with Gasteiger partial charge in [0.1, 0.15) is 10.0 Å². The predicted molar refractivity (Wildman–Crippen MR) is 104 cm³/mol. The lowest BCUT2D eigenvalue weighted by Crippen LogP contribution is -2.43. The normalized spacial score (nSPS) is 19.0. The molecule has 0 unspecified atom stereocenters. The number of carbonyl (C=O) groups is 2. The van der Waals surface area contributed by atoms with E-state index in [0.29, 0.717) is 25.8 Å². The van der Waals surface area contributed by atoms with Crippen molar-refractivity contribution in [1.29, 1.82) is 0 Å².